The Bertz CT molecular complexity index is 1390. The fourth-order valence-corrected chi connectivity index (χ4v) is 5.18. The second-order valence-electron chi connectivity index (χ2n) is 8.73. The van der Waals surface area contributed by atoms with E-state index >= 15 is 0 Å². The first-order valence-corrected chi connectivity index (χ1v) is 13.6. The highest BCUT2D eigenvalue weighted by Crippen LogP contribution is 2.49. The average molecular weight is 563 g/mol. The van der Waals surface area contributed by atoms with Crippen molar-refractivity contribution < 1.29 is 18.8 Å². The van der Waals surface area contributed by atoms with Crippen LogP contribution >= 0.6 is 23.2 Å². The van der Waals surface area contributed by atoms with Gasteiger partial charge in [-0.15, -0.1) is 0 Å². The lowest BCUT2D eigenvalue weighted by molar-refractivity contribution is 0.249. The molecule has 3 aromatic rings. The predicted octanol–water partition coefficient (Wildman–Crippen LogP) is 4.38. The van der Waals surface area contributed by atoms with Gasteiger partial charge in [-0.3, -0.25) is 9.80 Å². The number of hydrogen-bond acceptors (Lipinski definition) is 8. The summed E-state index contributed by atoms with van der Waals surface area (Å²) in [6.45, 7) is 0.249. The van der Waals surface area contributed by atoms with E-state index in [4.69, 9.17) is 44.1 Å². The Balaban J connectivity index is 1.54. The molecule has 0 radical (unpaired) electrons. The minimum absolute atomic E-state index is 0.0306. The summed E-state index contributed by atoms with van der Waals surface area (Å²) in [6, 6.07) is 6.40. The van der Waals surface area contributed by atoms with Crippen molar-refractivity contribution in [2.24, 2.45) is 0 Å². The van der Waals surface area contributed by atoms with Crippen LogP contribution in [0.15, 0.2) is 35.6 Å². The van der Waals surface area contributed by atoms with E-state index in [1.54, 1.807) is 35.4 Å². The van der Waals surface area contributed by atoms with E-state index < -0.39 is 11.2 Å². The van der Waals surface area contributed by atoms with Crippen molar-refractivity contribution >= 4 is 63.3 Å². The molecule has 4 N–H and O–H groups in total. The Labute approximate surface area is 226 Å². The summed E-state index contributed by atoms with van der Waals surface area (Å²) < 4.78 is 23.5. The zero-order chi connectivity index (χ0) is 26.4. The molecule has 2 aromatic carbocycles. The summed E-state index contributed by atoms with van der Waals surface area (Å²) in [5.74, 6) is 1.02. The zero-order valence-corrected chi connectivity index (χ0v) is 22.4. The fraction of sp³-hybridized carbons (Fsp3) is 0.292. The van der Waals surface area contributed by atoms with Crippen molar-refractivity contribution in [2.45, 2.75) is 37.2 Å². The van der Waals surface area contributed by atoms with Gasteiger partial charge in [0.1, 0.15) is 34.4 Å². The van der Waals surface area contributed by atoms with Gasteiger partial charge < -0.3 is 25.5 Å². The highest BCUT2D eigenvalue weighted by molar-refractivity contribution is 7.90. The van der Waals surface area contributed by atoms with Gasteiger partial charge in [-0.2, -0.15) is 9.97 Å². The molecule has 1 saturated carbocycles. The van der Waals surface area contributed by atoms with E-state index in [-0.39, 0.29) is 57.6 Å². The van der Waals surface area contributed by atoms with Crippen LogP contribution in [0.2, 0.25) is 10.0 Å². The molecule has 13 heteroatoms. The molecule has 10 nitrogen and oxygen atoms in total. The molecule has 194 valence electrons. The second kappa shape index (κ2) is 9.97. The van der Waals surface area contributed by atoms with Crippen LogP contribution in [0.4, 0.5) is 27.7 Å². The number of amides is 2. The molecule has 1 aromatic heterocycles. The van der Waals surface area contributed by atoms with E-state index in [0.717, 1.165) is 18.4 Å². The van der Waals surface area contributed by atoms with Crippen LogP contribution in [-0.2, 0) is 24.3 Å². The van der Waals surface area contributed by atoms with Gasteiger partial charge in [0, 0.05) is 35.0 Å². The number of carbonyl (C=O) groups is 1. The molecule has 1 unspecified atom stereocenters. The Morgan fingerprint density at radius 2 is 1.89 bits per heavy atom. The Morgan fingerprint density at radius 3 is 2.54 bits per heavy atom. The summed E-state index contributed by atoms with van der Waals surface area (Å²) in [5.41, 5.74) is 14.3. The summed E-state index contributed by atoms with van der Waals surface area (Å²) in [6.07, 6.45) is 4.73. The molecule has 5 rings (SSSR count). The predicted molar refractivity (Wildman–Crippen MR) is 144 cm³/mol. The topological polar surface area (TPSA) is 143 Å². The number of carbonyl (C=O) groups excluding carboxylic acids is 1. The molecule has 2 amide bonds. The van der Waals surface area contributed by atoms with Gasteiger partial charge in [0.15, 0.2) is 5.82 Å². The molecule has 0 saturated heterocycles. The zero-order valence-electron chi connectivity index (χ0n) is 20.0. The monoisotopic (exact) mass is 562 g/mol. The lowest BCUT2D eigenvalue weighted by atomic mass is 10.1. The Hall–Kier alpha value is -3.12. The van der Waals surface area contributed by atoms with Crippen molar-refractivity contribution in [3.8, 4) is 11.5 Å². The van der Waals surface area contributed by atoms with Crippen LogP contribution in [0.1, 0.15) is 24.0 Å². The summed E-state index contributed by atoms with van der Waals surface area (Å²) in [7, 11) is 1.47. The quantitative estimate of drug-likeness (QED) is 0.245. The van der Waals surface area contributed by atoms with Crippen LogP contribution in [0.25, 0.3) is 0 Å². The number of fused-ring (bicyclic) bond motifs is 1. The number of halogens is 2. The minimum atomic E-state index is -1.39. The van der Waals surface area contributed by atoms with E-state index in [0.29, 0.717) is 22.8 Å². The first-order chi connectivity index (χ1) is 17.7. The van der Waals surface area contributed by atoms with Gasteiger partial charge in [0.05, 0.1) is 30.7 Å². The lowest BCUT2D eigenvalue weighted by Gasteiger charge is -2.37. The number of hydrogen-bond donors (Lipinski definition) is 2. The SMILES string of the molecule is COc1cc(OCc2ccc(N)c(N)c2)c(Cl)c(N2Cc3cnc([S+](C)[O-])nc3N(C3CC3)C2=O)c1Cl. The number of ether oxygens (including phenoxy) is 2. The number of anilines is 4. The van der Waals surface area contributed by atoms with Crippen molar-refractivity contribution in [2.75, 3.05) is 34.6 Å². The molecular weight excluding hydrogens is 539 g/mol. The number of methoxy groups -OCH3 is 1. The minimum Gasteiger partial charge on any atom is -0.609 e. The molecular formula is C24H24Cl2N6O4S. The first-order valence-electron chi connectivity index (χ1n) is 11.3. The van der Waals surface area contributed by atoms with Gasteiger partial charge in [0.2, 0.25) is 0 Å². The van der Waals surface area contributed by atoms with Crippen LogP contribution in [0.5, 0.6) is 11.5 Å². The maximum atomic E-state index is 13.8. The van der Waals surface area contributed by atoms with Crippen molar-refractivity contribution in [1.82, 2.24) is 9.97 Å². The standard InChI is InChI=1S/C24H24Cl2N6O4S/c1-35-17-8-18(36-11-12-3-6-15(27)16(28)7-12)20(26)21(19(17)25)31-10-13-9-29-23(37(2)34)30-22(13)32(24(31)33)14-4-5-14/h3,6-9,14H,4-5,10-11,27-28H2,1-2H3. The third-order valence-electron chi connectivity index (χ3n) is 6.13. The molecule has 1 aliphatic heterocycles. The number of urea groups is 1. The van der Waals surface area contributed by atoms with Crippen LogP contribution < -0.4 is 30.7 Å². The second-order valence-corrected chi connectivity index (χ2v) is 10.8. The maximum absolute atomic E-state index is 13.8. The average Bonchev–Trinajstić information content (AvgIpc) is 3.71. The van der Waals surface area contributed by atoms with Crippen LogP contribution in [0, 0.1) is 0 Å². The molecule has 0 spiro atoms. The summed E-state index contributed by atoms with van der Waals surface area (Å²) in [5, 5.41) is 0.479. The van der Waals surface area contributed by atoms with Gasteiger partial charge in [-0.25, -0.2) is 4.79 Å². The number of nitrogen functional groups attached to an aromatic ring is 2. The van der Waals surface area contributed by atoms with Gasteiger partial charge in [0.25, 0.3) is 0 Å². The molecule has 2 heterocycles. The number of benzene rings is 2. The molecule has 1 aliphatic carbocycles. The normalized spacial score (nSPS) is 16.0. The number of nitrogens with two attached hydrogens (primary N) is 2. The molecule has 0 bridgehead atoms. The van der Waals surface area contributed by atoms with E-state index in [1.165, 1.54) is 18.3 Å². The number of nitrogens with zero attached hydrogens (tertiary/aromatic N) is 4. The van der Waals surface area contributed by atoms with Crippen LogP contribution in [0.3, 0.4) is 0 Å². The molecule has 1 fully saturated rings. The Kier molecular flexibility index (Phi) is 6.88. The fourth-order valence-electron chi connectivity index (χ4n) is 4.08. The number of rotatable bonds is 7. The highest BCUT2D eigenvalue weighted by Gasteiger charge is 2.44. The summed E-state index contributed by atoms with van der Waals surface area (Å²) in [4.78, 5) is 25.5. The number of aromatic nitrogens is 2. The highest BCUT2D eigenvalue weighted by atomic mass is 35.5. The molecule has 1 atom stereocenters. The van der Waals surface area contributed by atoms with Crippen LogP contribution in [-0.4, -0.2) is 40.0 Å². The van der Waals surface area contributed by atoms with E-state index in [2.05, 4.69) is 9.97 Å². The smallest absolute Gasteiger partial charge is 0.344 e. The summed E-state index contributed by atoms with van der Waals surface area (Å²) >= 11 is 12.1. The van der Waals surface area contributed by atoms with Crippen molar-refractivity contribution in [3.05, 3.63) is 51.6 Å². The third-order valence-corrected chi connectivity index (χ3v) is 7.57. The lowest BCUT2D eigenvalue weighted by Crippen LogP contribution is -2.49. The van der Waals surface area contributed by atoms with Gasteiger partial charge in [-0.05, 0) is 30.5 Å². The van der Waals surface area contributed by atoms with Crippen molar-refractivity contribution in [3.63, 3.8) is 0 Å². The largest absolute Gasteiger partial charge is 0.609 e. The maximum Gasteiger partial charge on any atom is 0.344 e. The van der Waals surface area contributed by atoms with E-state index in [1.807, 2.05) is 0 Å². The first kappa shape index (κ1) is 25.5. The van der Waals surface area contributed by atoms with Gasteiger partial charge in [-0.1, -0.05) is 29.3 Å². The third kappa shape index (κ3) is 4.79. The Morgan fingerprint density at radius 1 is 1.16 bits per heavy atom. The van der Waals surface area contributed by atoms with Gasteiger partial charge >= 0.3 is 11.2 Å². The van der Waals surface area contributed by atoms with E-state index in [9.17, 15) is 9.35 Å². The molecule has 2 aliphatic rings. The molecule has 37 heavy (non-hydrogen) atoms. The van der Waals surface area contributed by atoms with Crippen molar-refractivity contribution in [1.29, 1.82) is 0 Å².